The van der Waals surface area contributed by atoms with Gasteiger partial charge in [-0.3, -0.25) is 9.98 Å². The molecule has 1 aromatic carbocycles. The monoisotopic (exact) mass is 454 g/mol. The summed E-state index contributed by atoms with van der Waals surface area (Å²) in [5.41, 5.74) is 2.09. The van der Waals surface area contributed by atoms with Crippen LogP contribution in [0.25, 0.3) is 10.9 Å². The lowest BCUT2D eigenvalue weighted by Gasteiger charge is -2.25. The topological polar surface area (TPSA) is 81.3 Å². The van der Waals surface area contributed by atoms with Gasteiger partial charge in [-0.25, -0.2) is 0 Å². The maximum absolute atomic E-state index is 11.1. The van der Waals surface area contributed by atoms with Gasteiger partial charge in [-0.15, -0.1) is 0 Å². The molecule has 2 rings (SSSR count). The van der Waals surface area contributed by atoms with E-state index in [0.717, 1.165) is 12.0 Å². The molecule has 1 atom stereocenters. The van der Waals surface area contributed by atoms with E-state index in [9.17, 15) is 10.4 Å². The Kier molecular flexibility index (Phi) is 8.87. The molecule has 1 unspecified atom stereocenters. The summed E-state index contributed by atoms with van der Waals surface area (Å²) in [6, 6.07) is 6.84. The van der Waals surface area contributed by atoms with E-state index in [2.05, 4.69) is 34.5 Å². The number of nitriles is 1. The molecule has 0 fully saturated rings. The Balaban J connectivity index is 2.84. The first-order valence-electron chi connectivity index (χ1n) is 9.62. The van der Waals surface area contributed by atoms with Crippen molar-refractivity contribution in [2.45, 2.75) is 25.8 Å². The average molecular weight is 455 g/mol. The number of halogens is 2. The van der Waals surface area contributed by atoms with Gasteiger partial charge in [-0.05, 0) is 35.8 Å². The van der Waals surface area contributed by atoms with Crippen LogP contribution in [0.15, 0.2) is 76.4 Å². The highest BCUT2D eigenvalue weighted by Crippen LogP contribution is 2.39. The number of phenolic OH excluding ortho intramolecular Hbond substituents is 1. The number of benzene rings is 1. The van der Waals surface area contributed by atoms with E-state index in [1.165, 1.54) is 0 Å². The number of aliphatic imine (C=N–C) groups is 1. The average Bonchev–Trinajstić information content (AvgIpc) is 2.77. The second-order valence-corrected chi connectivity index (χ2v) is 7.42. The number of rotatable bonds is 8. The maximum Gasteiger partial charge on any atom is 0.147 e. The van der Waals surface area contributed by atoms with Gasteiger partial charge in [0.25, 0.3) is 0 Å². The molecule has 1 heterocycles. The summed E-state index contributed by atoms with van der Waals surface area (Å²) in [6.07, 6.45) is 7.90. The fourth-order valence-corrected chi connectivity index (χ4v) is 3.45. The van der Waals surface area contributed by atoms with E-state index >= 15 is 0 Å². The van der Waals surface area contributed by atoms with Crippen molar-refractivity contribution < 1.29 is 5.11 Å². The summed E-state index contributed by atoms with van der Waals surface area (Å²) < 4.78 is 0. The third kappa shape index (κ3) is 5.55. The molecule has 5 nitrogen and oxygen atoms in total. The molecule has 0 saturated heterocycles. The van der Waals surface area contributed by atoms with Crippen molar-refractivity contribution in [1.82, 2.24) is 10.3 Å². The standard InChI is InChI=1S/C24H24Cl2N4O/c1-5-7-10-20(28-4)30-22(17(6-2)21(26)15(3)25)19-14-16(11-12-27)18-9-8-13-29-23(18)24(19)31/h6-10,13-14,22,31H,2-3,5,11H2,1,4H3,(H,28,30)/b10-7-,21-17-. The summed E-state index contributed by atoms with van der Waals surface area (Å²) in [5, 5.41) is 24.8. The van der Waals surface area contributed by atoms with Crippen LogP contribution < -0.4 is 5.32 Å². The molecule has 2 N–H and O–H groups in total. The Labute approximate surface area is 192 Å². The lowest BCUT2D eigenvalue weighted by Crippen LogP contribution is -2.29. The number of aromatic nitrogens is 1. The number of phenols is 1. The first-order chi connectivity index (χ1) is 14.9. The van der Waals surface area contributed by atoms with Crippen molar-refractivity contribution in [3.8, 4) is 11.8 Å². The fourth-order valence-electron chi connectivity index (χ4n) is 3.15. The van der Waals surface area contributed by atoms with Crippen LogP contribution in [0.4, 0.5) is 0 Å². The molecule has 2 aromatic rings. The zero-order valence-corrected chi connectivity index (χ0v) is 19.0. The number of hydrogen-bond acceptors (Lipinski definition) is 4. The Morgan fingerprint density at radius 1 is 1.45 bits per heavy atom. The van der Waals surface area contributed by atoms with Crippen LogP contribution in [0.5, 0.6) is 5.75 Å². The highest BCUT2D eigenvalue weighted by molar-refractivity contribution is 6.44. The predicted octanol–water partition coefficient (Wildman–Crippen LogP) is 6.06. The number of pyridine rings is 1. The number of amidine groups is 1. The third-order valence-electron chi connectivity index (χ3n) is 4.63. The molecule has 160 valence electrons. The van der Waals surface area contributed by atoms with Crippen LogP contribution >= 0.6 is 23.2 Å². The largest absolute Gasteiger partial charge is 0.505 e. The van der Waals surface area contributed by atoms with Crippen LogP contribution in [-0.4, -0.2) is 23.0 Å². The summed E-state index contributed by atoms with van der Waals surface area (Å²) in [7, 11) is 1.65. The van der Waals surface area contributed by atoms with E-state index < -0.39 is 6.04 Å². The van der Waals surface area contributed by atoms with Gasteiger partial charge in [-0.2, -0.15) is 5.26 Å². The quantitative estimate of drug-likeness (QED) is 0.288. The molecule has 0 aliphatic rings. The van der Waals surface area contributed by atoms with Gasteiger partial charge in [0.05, 0.1) is 28.6 Å². The molecule has 0 spiro atoms. The molecular weight excluding hydrogens is 431 g/mol. The molecule has 31 heavy (non-hydrogen) atoms. The number of aromatic hydroxyl groups is 1. The number of fused-ring (bicyclic) bond motifs is 1. The Hall–Kier alpha value is -3.07. The van der Waals surface area contributed by atoms with Gasteiger partial charge < -0.3 is 10.4 Å². The lowest BCUT2D eigenvalue weighted by molar-refractivity contribution is 0.468. The van der Waals surface area contributed by atoms with Gasteiger partial charge in [0.2, 0.25) is 0 Å². The van der Waals surface area contributed by atoms with Gasteiger partial charge in [0.1, 0.15) is 17.1 Å². The predicted molar refractivity (Wildman–Crippen MR) is 129 cm³/mol. The Morgan fingerprint density at radius 3 is 2.77 bits per heavy atom. The van der Waals surface area contributed by atoms with Crippen molar-refractivity contribution in [2.24, 2.45) is 4.99 Å². The first kappa shape index (κ1) is 24.2. The second-order valence-electron chi connectivity index (χ2n) is 6.58. The van der Waals surface area contributed by atoms with Crippen molar-refractivity contribution in [3.63, 3.8) is 0 Å². The van der Waals surface area contributed by atoms with Gasteiger partial charge in [-0.1, -0.05) is 61.5 Å². The van der Waals surface area contributed by atoms with E-state index in [4.69, 9.17) is 23.2 Å². The van der Waals surface area contributed by atoms with Crippen molar-refractivity contribution in [1.29, 1.82) is 5.26 Å². The van der Waals surface area contributed by atoms with Gasteiger partial charge >= 0.3 is 0 Å². The van der Waals surface area contributed by atoms with Gasteiger partial charge in [0.15, 0.2) is 0 Å². The Bertz CT molecular complexity index is 1130. The SMILES string of the molecule is C=C/C(=C(/Cl)C(=C)Cl)C(NC(/C=C\CC)=NC)c1cc(CC#N)c2cccnc2c1O. The smallest absolute Gasteiger partial charge is 0.147 e. The number of hydrogen-bond donors (Lipinski definition) is 2. The highest BCUT2D eigenvalue weighted by Gasteiger charge is 2.25. The molecular formula is C24H24Cl2N4O. The summed E-state index contributed by atoms with van der Waals surface area (Å²) >= 11 is 12.5. The summed E-state index contributed by atoms with van der Waals surface area (Å²) in [6.45, 7) is 9.59. The highest BCUT2D eigenvalue weighted by atomic mass is 35.5. The summed E-state index contributed by atoms with van der Waals surface area (Å²) in [5.74, 6) is 0.534. The molecule has 0 radical (unpaired) electrons. The molecule has 7 heteroatoms. The normalized spacial score (nSPS) is 13.6. The van der Waals surface area contributed by atoms with Gasteiger partial charge in [0, 0.05) is 24.2 Å². The molecule has 0 amide bonds. The fraction of sp³-hybridized carbons (Fsp3) is 0.208. The van der Waals surface area contributed by atoms with E-state index in [0.29, 0.717) is 27.9 Å². The number of allylic oxidation sites excluding steroid dienone is 3. The van der Waals surface area contributed by atoms with Crippen LogP contribution in [0, 0.1) is 11.3 Å². The molecule has 0 bridgehead atoms. The van der Waals surface area contributed by atoms with Crippen LogP contribution in [0.3, 0.4) is 0 Å². The molecule has 0 aliphatic heterocycles. The molecule has 0 saturated carbocycles. The van der Waals surface area contributed by atoms with Crippen molar-refractivity contribution >= 4 is 39.9 Å². The minimum atomic E-state index is -0.676. The van der Waals surface area contributed by atoms with Crippen molar-refractivity contribution in [2.75, 3.05) is 7.05 Å². The van der Waals surface area contributed by atoms with E-state index in [-0.39, 0.29) is 22.2 Å². The minimum Gasteiger partial charge on any atom is -0.505 e. The zero-order valence-electron chi connectivity index (χ0n) is 17.5. The van der Waals surface area contributed by atoms with E-state index in [1.807, 2.05) is 25.1 Å². The van der Waals surface area contributed by atoms with E-state index in [1.54, 1.807) is 31.5 Å². The lowest BCUT2D eigenvalue weighted by atomic mass is 9.92. The second kappa shape index (κ2) is 11.4. The summed E-state index contributed by atoms with van der Waals surface area (Å²) in [4.78, 5) is 8.61. The minimum absolute atomic E-state index is 0.0336. The molecule has 0 aliphatic carbocycles. The Morgan fingerprint density at radius 2 is 2.19 bits per heavy atom. The molecule has 1 aromatic heterocycles. The van der Waals surface area contributed by atoms with Crippen LogP contribution in [0.1, 0.15) is 30.5 Å². The van der Waals surface area contributed by atoms with Crippen LogP contribution in [-0.2, 0) is 6.42 Å². The van der Waals surface area contributed by atoms with Crippen LogP contribution in [0.2, 0.25) is 0 Å². The number of nitrogens with zero attached hydrogens (tertiary/aromatic N) is 3. The number of nitrogens with one attached hydrogen (secondary N) is 1. The zero-order chi connectivity index (χ0) is 23.0. The third-order valence-corrected chi connectivity index (χ3v) is 5.36. The van der Waals surface area contributed by atoms with Crippen molar-refractivity contribution in [3.05, 3.63) is 82.5 Å². The first-order valence-corrected chi connectivity index (χ1v) is 10.4. The maximum atomic E-state index is 11.1.